The van der Waals surface area contributed by atoms with Gasteiger partial charge in [0.1, 0.15) is 5.82 Å². The van der Waals surface area contributed by atoms with Crippen LogP contribution in [0.15, 0.2) is 24.3 Å². The van der Waals surface area contributed by atoms with Gasteiger partial charge in [-0.05, 0) is 29.9 Å². The lowest BCUT2D eigenvalue weighted by atomic mass is 10.2. The minimum Gasteiger partial charge on any atom is -0.207 e. The normalized spacial score (nSPS) is 9.71. The highest BCUT2D eigenvalue weighted by atomic mass is 32.2. The molecule has 0 bridgehead atoms. The van der Waals surface area contributed by atoms with E-state index >= 15 is 0 Å². The molecule has 0 atom stereocenters. The molecule has 0 fully saturated rings. The van der Waals surface area contributed by atoms with Gasteiger partial charge in [0.25, 0.3) is 0 Å². The molecule has 0 saturated heterocycles. The van der Waals surface area contributed by atoms with Crippen LogP contribution in [0.2, 0.25) is 0 Å². The van der Waals surface area contributed by atoms with Crippen LogP contribution in [0.5, 0.6) is 0 Å². The number of unbranched alkanes of at least 4 members (excludes halogenated alkanes) is 1. The van der Waals surface area contributed by atoms with Crippen LogP contribution in [0.25, 0.3) is 0 Å². The first-order chi connectivity index (χ1) is 6.83. The molecule has 1 aromatic rings. The average molecular weight is 209 g/mol. The molecule has 0 N–H and O–H groups in total. The number of nitriles is 1. The van der Waals surface area contributed by atoms with Gasteiger partial charge in [0.05, 0.1) is 6.07 Å². The Kier molecular flexibility index (Phi) is 5.09. The fraction of sp³-hybridized carbons (Fsp3) is 0.364. The quantitative estimate of drug-likeness (QED) is 0.694. The molecule has 0 amide bonds. The lowest BCUT2D eigenvalue weighted by Crippen LogP contribution is -1.84. The van der Waals surface area contributed by atoms with Crippen LogP contribution in [0.1, 0.15) is 18.4 Å². The SMILES string of the molecule is N#CCCCSCc1ccc(F)cc1. The van der Waals surface area contributed by atoms with Crippen molar-refractivity contribution in [1.29, 1.82) is 5.26 Å². The van der Waals surface area contributed by atoms with Crippen molar-refractivity contribution in [2.24, 2.45) is 0 Å². The zero-order valence-corrected chi connectivity index (χ0v) is 8.69. The third-order valence-electron chi connectivity index (χ3n) is 1.76. The van der Waals surface area contributed by atoms with E-state index in [1.165, 1.54) is 12.1 Å². The summed E-state index contributed by atoms with van der Waals surface area (Å²) in [6.07, 6.45) is 1.55. The van der Waals surface area contributed by atoms with Gasteiger partial charge in [0, 0.05) is 12.2 Å². The third-order valence-corrected chi connectivity index (χ3v) is 2.87. The highest BCUT2D eigenvalue weighted by Gasteiger charge is 1.94. The van der Waals surface area contributed by atoms with Crippen molar-refractivity contribution in [2.45, 2.75) is 18.6 Å². The monoisotopic (exact) mass is 209 g/mol. The molecule has 0 aromatic heterocycles. The molecule has 0 unspecified atom stereocenters. The van der Waals surface area contributed by atoms with E-state index in [1.54, 1.807) is 23.9 Å². The van der Waals surface area contributed by atoms with E-state index in [0.717, 1.165) is 23.5 Å². The Morgan fingerprint density at radius 3 is 2.64 bits per heavy atom. The number of nitrogens with zero attached hydrogens (tertiary/aromatic N) is 1. The molecule has 0 heterocycles. The lowest BCUT2D eigenvalue weighted by Gasteiger charge is -2.00. The van der Waals surface area contributed by atoms with Crippen LogP contribution in [0.3, 0.4) is 0 Å². The molecule has 0 radical (unpaired) electrons. The Bertz CT molecular complexity index is 302. The molecule has 0 aliphatic heterocycles. The van der Waals surface area contributed by atoms with Crippen molar-refractivity contribution in [3.8, 4) is 6.07 Å². The van der Waals surface area contributed by atoms with Gasteiger partial charge in [-0.25, -0.2) is 4.39 Å². The predicted octanol–water partition coefficient (Wildman–Crippen LogP) is 3.36. The third kappa shape index (κ3) is 4.29. The van der Waals surface area contributed by atoms with Crippen molar-refractivity contribution in [1.82, 2.24) is 0 Å². The fourth-order valence-electron chi connectivity index (χ4n) is 1.02. The summed E-state index contributed by atoms with van der Waals surface area (Å²) in [5.74, 6) is 1.69. The van der Waals surface area contributed by atoms with Crippen LogP contribution in [-0.2, 0) is 5.75 Å². The van der Waals surface area contributed by atoms with E-state index in [2.05, 4.69) is 6.07 Å². The number of rotatable bonds is 5. The van der Waals surface area contributed by atoms with E-state index in [9.17, 15) is 4.39 Å². The standard InChI is InChI=1S/C11H12FNS/c12-11-5-3-10(4-6-11)9-14-8-2-1-7-13/h3-6H,1-2,8-9H2. The largest absolute Gasteiger partial charge is 0.207 e. The van der Waals surface area contributed by atoms with Crippen LogP contribution in [0, 0.1) is 17.1 Å². The van der Waals surface area contributed by atoms with Gasteiger partial charge in [0.15, 0.2) is 0 Å². The minimum absolute atomic E-state index is 0.191. The molecule has 14 heavy (non-hydrogen) atoms. The molecule has 74 valence electrons. The van der Waals surface area contributed by atoms with E-state index in [0.29, 0.717) is 6.42 Å². The van der Waals surface area contributed by atoms with Gasteiger partial charge in [-0.2, -0.15) is 17.0 Å². The van der Waals surface area contributed by atoms with Crippen molar-refractivity contribution >= 4 is 11.8 Å². The second kappa shape index (κ2) is 6.44. The van der Waals surface area contributed by atoms with E-state index < -0.39 is 0 Å². The Balaban J connectivity index is 2.19. The molecule has 1 nitrogen and oxygen atoms in total. The summed E-state index contributed by atoms with van der Waals surface area (Å²) in [5, 5.41) is 8.31. The second-order valence-corrected chi connectivity index (χ2v) is 4.05. The topological polar surface area (TPSA) is 23.8 Å². The number of thioether (sulfide) groups is 1. The number of halogens is 1. The highest BCUT2D eigenvalue weighted by molar-refractivity contribution is 7.98. The fourth-order valence-corrected chi connectivity index (χ4v) is 1.94. The van der Waals surface area contributed by atoms with Crippen LogP contribution < -0.4 is 0 Å². The minimum atomic E-state index is -0.191. The maximum absolute atomic E-state index is 12.5. The molecule has 0 spiro atoms. The van der Waals surface area contributed by atoms with Crippen molar-refractivity contribution in [3.05, 3.63) is 35.6 Å². The molecule has 0 saturated carbocycles. The first kappa shape index (κ1) is 11.1. The van der Waals surface area contributed by atoms with Crippen LogP contribution in [0.4, 0.5) is 4.39 Å². The highest BCUT2D eigenvalue weighted by Crippen LogP contribution is 2.13. The van der Waals surface area contributed by atoms with Crippen molar-refractivity contribution < 1.29 is 4.39 Å². The summed E-state index contributed by atoms with van der Waals surface area (Å²) in [6, 6.07) is 8.66. The molecule has 0 aliphatic carbocycles. The zero-order chi connectivity index (χ0) is 10.2. The van der Waals surface area contributed by atoms with Gasteiger partial charge in [-0.3, -0.25) is 0 Å². The first-order valence-corrected chi connectivity index (χ1v) is 5.67. The first-order valence-electron chi connectivity index (χ1n) is 4.52. The molecule has 1 aromatic carbocycles. The Labute approximate surface area is 87.9 Å². The van der Waals surface area contributed by atoms with Crippen molar-refractivity contribution in [3.63, 3.8) is 0 Å². The summed E-state index contributed by atoms with van der Waals surface area (Å²) in [6.45, 7) is 0. The molecule has 0 aliphatic rings. The molecular formula is C11H12FNS. The summed E-state index contributed by atoms with van der Waals surface area (Å²) in [5.41, 5.74) is 1.13. The summed E-state index contributed by atoms with van der Waals surface area (Å²) >= 11 is 1.78. The smallest absolute Gasteiger partial charge is 0.123 e. The van der Waals surface area contributed by atoms with Crippen LogP contribution in [-0.4, -0.2) is 5.75 Å². The Hall–Kier alpha value is -1.01. The number of hydrogen-bond donors (Lipinski definition) is 0. The number of benzene rings is 1. The van der Waals surface area contributed by atoms with Gasteiger partial charge < -0.3 is 0 Å². The van der Waals surface area contributed by atoms with E-state index in [1.807, 2.05) is 0 Å². The van der Waals surface area contributed by atoms with Gasteiger partial charge in [0.2, 0.25) is 0 Å². The lowest BCUT2D eigenvalue weighted by molar-refractivity contribution is 0.627. The van der Waals surface area contributed by atoms with Crippen LogP contribution >= 0.6 is 11.8 Å². The van der Waals surface area contributed by atoms with Gasteiger partial charge >= 0.3 is 0 Å². The zero-order valence-electron chi connectivity index (χ0n) is 7.87. The van der Waals surface area contributed by atoms with E-state index in [4.69, 9.17) is 5.26 Å². The molecule has 3 heteroatoms. The van der Waals surface area contributed by atoms with E-state index in [-0.39, 0.29) is 5.82 Å². The average Bonchev–Trinajstić information content (AvgIpc) is 2.21. The summed E-state index contributed by atoms with van der Waals surface area (Å²) in [7, 11) is 0. The Morgan fingerprint density at radius 1 is 1.29 bits per heavy atom. The summed E-state index contributed by atoms with van der Waals surface area (Å²) < 4.78 is 12.5. The Morgan fingerprint density at radius 2 is 2.00 bits per heavy atom. The predicted molar refractivity (Wildman–Crippen MR) is 57.4 cm³/mol. The van der Waals surface area contributed by atoms with Gasteiger partial charge in [-0.1, -0.05) is 12.1 Å². The molecule has 1 rings (SSSR count). The summed E-state index contributed by atoms with van der Waals surface area (Å²) in [4.78, 5) is 0. The number of hydrogen-bond acceptors (Lipinski definition) is 2. The van der Waals surface area contributed by atoms with Gasteiger partial charge in [-0.15, -0.1) is 0 Å². The second-order valence-electron chi connectivity index (χ2n) is 2.94. The molecular weight excluding hydrogens is 197 g/mol. The maximum atomic E-state index is 12.5. The maximum Gasteiger partial charge on any atom is 0.123 e. The van der Waals surface area contributed by atoms with Crippen molar-refractivity contribution in [2.75, 3.05) is 5.75 Å².